The second-order valence-electron chi connectivity index (χ2n) is 4.77. The molecule has 0 aliphatic carbocycles. The van der Waals surface area contributed by atoms with Crippen LogP contribution in [0.15, 0.2) is 0 Å². The molecule has 23 heavy (non-hydrogen) atoms. The van der Waals surface area contributed by atoms with Crippen LogP contribution in [0.1, 0.15) is 20.8 Å². The molecule has 0 N–H and O–H groups in total. The molecule has 1 aliphatic rings. The molecule has 1 saturated heterocycles. The van der Waals surface area contributed by atoms with Gasteiger partial charge in [0.2, 0.25) is 0 Å². The summed E-state index contributed by atoms with van der Waals surface area (Å²) in [5.41, 5.74) is 0. The Labute approximate surface area is 133 Å². The lowest BCUT2D eigenvalue weighted by Crippen LogP contribution is -2.63. The number of carbonyl (C=O) groups is 4. The molecule has 1 unspecified atom stereocenters. The summed E-state index contributed by atoms with van der Waals surface area (Å²) in [6.07, 6.45) is -5.40. The fourth-order valence-electron chi connectivity index (χ4n) is 2.15. The first kappa shape index (κ1) is 19.0. The van der Waals surface area contributed by atoms with Crippen molar-refractivity contribution in [1.29, 1.82) is 0 Å². The maximum Gasteiger partial charge on any atom is 0.339 e. The van der Waals surface area contributed by atoms with E-state index in [2.05, 4.69) is 4.74 Å². The Kier molecular flexibility index (Phi) is 6.55. The van der Waals surface area contributed by atoms with Crippen LogP contribution in [0.3, 0.4) is 0 Å². The lowest BCUT2D eigenvalue weighted by Gasteiger charge is -2.42. The predicted octanol–water partition coefficient (Wildman–Crippen LogP) is -1.15. The van der Waals surface area contributed by atoms with Gasteiger partial charge in [0.15, 0.2) is 24.4 Å². The van der Waals surface area contributed by atoms with Crippen molar-refractivity contribution in [2.24, 2.45) is 0 Å². The van der Waals surface area contributed by atoms with E-state index >= 15 is 0 Å². The van der Waals surface area contributed by atoms with Crippen molar-refractivity contribution in [1.82, 2.24) is 0 Å². The zero-order chi connectivity index (χ0) is 17.7. The van der Waals surface area contributed by atoms with Gasteiger partial charge in [-0.1, -0.05) is 0 Å². The van der Waals surface area contributed by atoms with Crippen molar-refractivity contribution < 1.29 is 42.9 Å². The Morgan fingerprint density at radius 2 is 1.26 bits per heavy atom. The van der Waals surface area contributed by atoms with E-state index in [0.29, 0.717) is 0 Å². The van der Waals surface area contributed by atoms with E-state index in [-0.39, 0.29) is 0 Å². The van der Waals surface area contributed by atoms with E-state index in [9.17, 15) is 19.2 Å². The van der Waals surface area contributed by atoms with Crippen LogP contribution in [0.5, 0.6) is 0 Å². The molecule has 0 aromatic rings. The molecule has 5 atom stereocenters. The highest BCUT2D eigenvalue weighted by molar-refractivity contribution is 6.11. The molecule has 1 aliphatic heterocycles. The highest BCUT2D eigenvalue weighted by Gasteiger charge is 2.52. The SMILES string of the molecule is [B][C@H]1OC(C(=O)OC)[C@@H](OC(C)=O)[C@H](OC(C)=O)[C@H]1OC(C)=O. The van der Waals surface area contributed by atoms with Crippen molar-refractivity contribution in [3.8, 4) is 0 Å². The maximum atomic E-state index is 11.8. The number of rotatable bonds is 4. The number of esters is 4. The van der Waals surface area contributed by atoms with Gasteiger partial charge in [-0.2, -0.15) is 0 Å². The van der Waals surface area contributed by atoms with Crippen LogP contribution in [0.4, 0.5) is 0 Å². The lowest BCUT2D eigenvalue weighted by molar-refractivity contribution is -0.236. The van der Waals surface area contributed by atoms with Crippen molar-refractivity contribution in [2.45, 2.75) is 51.2 Å². The molecule has 0 spiro atoms. The molecule has 1 heterocycles. The second-order valence-corrected chi connectivity index (χ2v) is 4.77. The Morgan fingerprint density at radius 3 is 1.70 bits per heavy atom. The first-order valence-corrected chi connectivity index (χ1v) is 6.68. The van der Waals surface area contributed by atoms with Crippen LogP contribution >= 0.6 is 0 Å². The van der Waals surface area contributed by atoms with Gasteiger partial charge in [0.05, 0.1) is 13.1 Å². The smallest absolute Gasteiger partial charge is 0.339 e. The lowest BCUT2D eigenvalue weighted by atomic mass is 9.84. The topological polar surface area (TPSA) is 114 Å². The number of carbonyl (C=O) groups excluding carboxylic acids is 4. The van der Waals surface area contributed by atoms with Gasteiger partial charge in [0.1, 0.15) is 7.85 Å². The van der Waals surface area contributed by atoms with Gasteiger partial charge in [-0.3, -0.25) is 14.4 Å². The molecule has 0 aromatic carbocycles. The molecule has 9 nitrogen and oxygen atoms in total. The minimum atomic E-state index is -1.44. The van der Waals surface area contributed by atoms with Crippen molar-refractivity contribution >= 4 is 31.7 Å². The van der Waals surface area contributed by atoms with E-state index in [1.807, 2.05) is 0 Å². The largest absolute Gasteiger partial charge is 0.467 e. The summed E-state index contributed by atoms with van der Waals surface area (Å²) in [5.74, 6) is -3.11. The number of ether oxygens (including phenoxy) is 5. The first-order valence-electron chi connectivity index (χ1n) is 6.68. The zero-order valence-electron chi connectivity index (χ0n) is 13.1. The Balaban J connectivity index is 3.21. The average Bonchev–Trinajstić information content (AvgIpc) is 2.43. The van der Waals surface area contributed by atoms with Crippen LogP contribution in [-0.2, 0) is 42.9 Å². The highest BCUT2D eigenvalue weighted by atomic mass is 16.7. The van der Waals surface area contributed by atoms with E-state index in [1.54, 1.807) is 0 Å². The van der Waals surface area contributed by atoms with Crippen LogP contribution < -0.4 is 0 Å². The van der Waals surface area contributed by atoms with E-state index in [0.717, 1.165) is 27.9 Å². The second kappa shape index (κ2) is 7.95. The fourth-order valence-corrected chi connectivity index (χ4v) is 2.15. The van der Waals surface area contributed by atoms with Gasteiger partial charge in [0.25, 0.3) is 0 Å². The van der Waals surface area contributed by atoms with E-state index < -0.39 is 54.3 Å². The quantitative estimate of drug-likeness (QED) is 0.358. The Morgan fingerprint density at radius 1 is 0.826 bits per heavy atom. The average molecular weight is 328 g/mol. The third-order valence-electron chi connectivity index (χ3n) is 2.91. The summed E-state index contributed by atoms with van der Waals surface area (Å²) in [4.78, 5) is 45.7. The Hall–Kier alpha value is -2.10. The van der Waals surface area contributed by atoms with Gasteiger partial charge in [-0.15, -0.1) is 0 Å². The number of hydrogen-bond donors (Lipinski definition) is 0. The van der Waals surface area contributed by atoms with E-state index in [4.69, 9.17) is 26.8 Å². The summed E-state index contributed by atoms with van der Waals surface area (Å²) < 4.78 is 24.8. The molecular formula is C13H17BO9. The summed E-state index contributed by atoms with van der Waals surface area (Å²) in [6.45, 7) is 3.31. The minimum Gasteiger partial charge on any atom is -0.467 e. The molecule has 2 radical (unpaired) electrons. The summed E-state index contributed by atoms with van der Waals surface area (Å²) in [6, 6.07) is -1.29. The molecular weight excluding hydrogens is 311 g/mol. The molecule has 10 heteroatoms. The predicted molar refractivity (Wildman–Crippen MR) is 73.1 cm³/mol. The zero-order valence-corrected chi connectivity index (χ0v) is 13.1. The van der Waals surface area contributed by atoms with Gasteiger partial charge in [-0.25, -0.2) is 4.79 Å². The van der Waals surface area contributed by atoms with Crippen molar-refractivity contribution in [3.05, 3.63) is 0 Å². The van der Waals surface area contributed by atoms with Crippen LogP contribution in [0.25, 0.3) is 0 Å². The molecule has 126 valence electrons. The summed E-state index contributed by atoms with van der Waals surface area (Å²) in [5, 5.41) is 0. The van der Waals surface area contributed by atoms with Gasteiger partial charge >= 0.3 is 23.9 Å². The van der Waals surface area contributed by atoms with Crippen LogP contribution in [0, 0.1) is 0 Å². The maximum absolute atomic E-state index is 11.8. The van der Waals surface area contributed by atoms with Crippen LogP contribution in [-0.4, -0.2) is 69.3 Å². The van der Waals surface area contributed by atoms with Crippen LogP contribution in [0.2, 0.25) is 0 Å². The first-order chi connectivity index (χ1) is 10.7. The molecule has 1 rings (SSSR count). The standard InChI is InChI=1S/C13H17BO9/c1-5(15)20-8-9(21-6(2)16)11(13(18)19-4)23-12(14)10(8)22-7(3)17/h8-12H,1-4H3/t8-,9-,10+,11?,12-/m0/s1. The van der Waals surface area contributed by atoms with Gasteiger partial charge in [-0.05, 0) is 0 Å². The molecule has 0 bridgehead atoms. The normalized spacial score (nSPS) is 30.0. The van der Waals surface area contributed by atoms with E-state index in [1.165, 1.54) is 0 Å². The van der Waals surface area contributed by atoms with Gasteiger partial charge in [0, 0.05) is 20.8 Å². The molecule has 0 aromatic heterocycles. The monoisotopic (exact) mass is 328 g/mol. The molecule has 0 saturated carbocycles. The molecule has 0 amide bonds. The summed E-state index contributed by atoms with van der Waals surface area (Å²) in [7, 11) is 6.83. The fraction of sp³-hybridized carbons (Fsp3) is 0.692. The highest BCUT2D eigenvalue weighted by Crippen LogP contribution is 2.28. The number of methoxy groups -OCH3 is 1. The Bertz CT molecular complexity index is 492. The molecule has 1 fully saturated rings. The van der Waals surface area contributed by atoms with Crippen molar-refractivity contribution in [3.63, 3.8) is 0 Å². The number of hydrogen-bond acceptors (Lipinski definition) is 9. The minimum absolute atomic E-state index is 0.718. The summed E-state index contributed by atoms with van der Waals surface area (Å²) >= 11 is 0. The third-order valence-corrected chi connectivity index (χ3v) is 2.91. The van der Waals surface area contributed by atoms with Crippen molar-refractivity contribution in [2.75, 3.05) is 7.11 Å². The van der Waals surface area contributed by atoms with Gasteiger partial charge < -0.3 is 23.7 Å². The third kappa shape index (κ3) is 4.95.